The molecule has 0 aromatic heterocycles. The minimum Gasteiger partial charge on any atom is -0.497 e. The van der Waals surface area contributed by atoms with Crippen LogP contribution in [0.5, 0.6) is 5.75 Å². The lowest BCUT2D eigenvalue weighted by Gasteiger charge is -2.40. The molecule has 1 aromatic rings. The fourth-order valence-corrected chi connectivity index (χ4v) is 3.69. The van der Waals surface area contributed by atoms with Gasteiger partial charge in [0, 0.05) is 18.6 Å². The summed E-state index contributed by atoms with van der Waals surface area (Å²) < 4.78 is 5.38. The Morgan fingerprint density at radius 1 is 1.29 bits per heavy atom. The Bertz CT molecular complexity index is 484. The summed E-state index contributed by atoms with van der Waals surface area (Å²) in [5, 5.41) is 3.72. The van der Waals surface area contributed by atoms with Gasteiger partial charge in [0.15, 0.2) is 0 Å². The molecule has 0 saturated heterocycles. The van der Waals surface area contributed by atoms with Crippen LogP contribution in [0.2, 0.25) is 0 Å². The largest absolute Gasteiger partial charge is 0.497 e. The van der Waals surface area contributed by atoms with Gasteiger partial charge in [-0.15, -0.1) is 0 Å². The Hall–Kier alpha value is -1.06. The zero-order valence-corrected chi connectivity index (χ0v) is 13.6. The molecule has 3 heteroatoms. The van der Waals surface area contributed by atoms with Gasteiger partial charge in [0.1, 0.15) is 5.75 Å². The molecule has 2 aliphatic carbocycles. The normalized spacial score (nSPS) is 25.0. The summed E-state index contributed by atoms with van der Waals surface area (Å²) in [6.45, 7) is 4.48. The molecule has 2 atom stereocenters. The van der Waals surface area contributed by atoms with Gasteiger partial charge in [-0.25, -0.2) is 0 Å². The molecule has 0 spiro atoms. The average Bonchev–Trinajstić information content (AvgIpc) is 3.31. The molecular formula is C18H28N2O. The molecular weight excluding hydrogens is 260 g/mol. The fourth-order valence-electron chi connectivity index (χ4n) is 3.69. The van der Waals surface area contributed by atoms with E-state index in [1.165, 1.54) is 36.9 Å². The summed E-state index contributed by atoms with van der Waals surface area (Å²) >= 11 is 0. The topological polar surface area (TPSA) is 24.5 Å². The number of rotatable bonds is 6. The summed E-state index contributed by atoms with van der Waals surface area (Å²) in [7, 11) is 4.06. The molecule has 2 unspecified atom stereocenters. The first kappa shape index (κ1) is 14.9. The van der Waals surface area contributed by atoms with Crippen LogP contribution in [-0.2, 0) is 6.42 Å². The molecule has 0 amide bonds. The van der Waals surface area contributed by atoms with Crippen LogP contribution in [0.15, 0.2) is 18.2 Å². The van der Waals surface area contributed by atoms with Crippen molar-refractivity contribution in [1.29, 1.82) is 0 Å². The monoisotopic (exact) mass is 288 g/mol. The van der Waals surface area contributed by atoms with E-state index in [2.05, 4.69) is 42.4 Å². The molecule has 3 nitrogen and oxygen atoms in total. The third-order valence-electron chi connectivity index (χ3n) is 5.01. The van der Waals surface area contributed by atoms with E-state index in [1.807, 2.05) is 0 Å². The number of benzene rings is 1. The highest BCUT2D eigenvalue weighted by atomic mass is 16.5. The van der Waals surface area contributed by atoms with Gasteiger partial charge in [-0.1, -0.05) is 13.0 Å². The molecule has 1 aromatic carbocycles. The van der Waals surface area contributed by atoms with Crippen LogP contribution < -0.4 is 10.1 Å². The van der Waals surface area contributed by atoms with E-state index in [0.29, 0.717) is 12.1 Å². The van der Waals surface area contributed by atoms with E-state index in [4.69, 9.17) is 4.74 Å². The van der Waals surface area contributed by atoms with Crippen molar-refractivity contribution in [2.24, 2.45) is 5.92 Å². The maximum Gasteiger partial charge on any atom is 0.119 e. The quantitative estimate of drug-likeness (QED) is 0.871. The summed E-state index contributed by atoms with van der Waals surface area (Å²) in [6.07, 6.45) is 5.25. The second-order valence-electron chi connectivity index (χ2n) is 6.59. The van der Waals surface area contributed by atoms with Gasteiger partial charge in [-0.05, 0) is 68.5 Å². The van der Waals surface area contributed by atoms with Crippen molar-refractivity contribution in [1.82, 2.24) is 10.2 Å². The van der Waals surface area contributed by atoms with E-state index in [-0.39, 0.29) is 0 Å². The maximum atomic E-state index is 5.38. The molecule has 2 aliphatic rings. The summed E-state index contributed by atoms with van der Waals surface area (Å²) in [6, 6.07) is 7.65. The summed E-state index contributed by atoms with van der Waals surface area (Å²) in [5.41, 5.74) is 2.92. The Morgan fingerprint density at radius 2 is 2.10 bits per heavy atom. The van der Waals surface area contributed by atoms with Gasteiger partial charge in [-0.3, -0.25) is 0 Å². The zero-order valence-electron chi connectivity index (χ0n) is 13.6. The molecule has 3 rings (SSSR count). The molecule has 116 valence electrons. The molecule has 0 aliphatic heterocycles. The van der Waals surface area contributed by atoms with Gasteiger partial charge in [0.25, 0.3) is 0 Å². The van der Waals surface area contributed by atoms with Crippen molar-refractivity contribution < 1.29 is 4.74 Å². The van der Waals surface area contributed by atoms with Gasteiger partial charge in [0.2, 0.25) is 0 Å². The highest BCUT2D eigenvalue weighted by molar-refractivity contribution is 5.40. The first-order chi connectivity index (χ1) is 10.2. The van der Waals surface area contributed by atoms with Gasteiger partial charge in [0.05, 0.1) is 7.11 Å². The number of ether oxygens (including phenoxy) is 1. The van der Waals surface area contributed by atoms with Crippen molar-refractivity contribution in [3.8, 4) is 5.75 Å². The van der Waals surface area contributed by atoms with Gasteiger partial charge in [-0.2, -0.15) is 0 Å². The smallest absolute Gasteiger partial charge is 0.119 e. The number of nitrogens with one attached hydrogen (secondary N) is 1. The van der Waals surface area contributed by atoms with Crippen molar-refractivity contribution in [3.63, 3.8) is 0 Å². The standard InChI is InChI=1S/C18H28N2O/c1-4-19-18-16-9-8-15(21-3)11-14(16)7-10-17(18)20(2)12-13-5-6-13/h8-9,11,13,17-19H,4-7,10,12H2,1-3H3. The number of aryl methyl sites for hydroxylation is 1. The Kier molecular flexibility index (Phi) is 4.51. The Balaban J connectivity index is 1.82. The number of hydrogen-bond acceptors (Lipinski definition) is 3. The average molecular weight is 288 g/mol. The van der Waals surface area contributed by atoms with Crippen molar-refractivity contribution >= 4 is 0 Å². The van der Waals surface area contributed by atoms with Crippen LogP contribution >= 0.6 is 0 Å². The lowest BCUT2D eigenvalue weighted by molar-refractivity contribution is 0.167. The first-order valence-electron chi connectivity index (χ1n) is 8.33. The molecule has 1 fully saturated rings. The second kappa shape index (κ2) is 6.37. The number of likely N-dealkylation sites (N-methyl/N-ethyl adjacent to an activating group) is 2. The third-order valence-corrected chi connectivity index (χ3v) is 5.01. The third kappa shape index (κ3) is 3.24. The van der Waals surface area contributed by atoms with E-state index >= 15 is 0 Å². The highest BCUT2D eigenvalue weighted by Gasteiger charge is 2.34. The van der Waals surface area contributed by atoms with Crippen LogP contribution in [0.25, 0.3) is 0 Å². The minimum atomic E-state index is 0.452. The van der Waals surface area contributed by atoms with Crippen molar-refractivity contribution in [3.05, 3.63) is 29.3 Å². The molecule has 21 heavy (non-hydrogen) atoms. The summed E-state index contributed by atoms with van der Waals surface area (Å²) in [4.78, 5) is 2.60. The number of methoxy groups -OCH3 is 1. The van der Waals surface area contributed by atoms with E-state index < -0.39 is 0 Å². The number of hydrogen-bond donors (Lipinski definition) is 1. The molecule has 0 heterocycles. The van der Waals surface area contributed by atoms with Crippen LogP contribution in [0, 0.1) is 5.92 Å². The van der Waals surface area contributed by atoms with Gasteiger partial charge >= 0.3 is 0 Å². The Morgan fingerprint density at radius 3 is 2.76 bits per heavy atom. The lowest BCUT2D eigenvalue weighted by atomic mass is 9.83. The highest BCUT2D eigenvalue weighted by Crippen LogP contribution is 2.37. The fraction of sp³-hybridized carbons (Fsp3) is 0.667. The molecule has 0 bridgehead atoms. The predicted molar refractivity (Wildman–Crippen MR) is 86.9 cm³/mol. The van der Waals surface area contributed by atoms with Crippen molar-refractivity contribution in [2.75, 3.05) is 27.2 Å². The van der Waals surface area contributed by atoms with Crippen LogP contribution in [-0.4, -0.2) is 38.2 Å². The predicted octanol–water partition coefficient (Wildman–Crippen LogP) is 3.00. The molecule has 1 N–H and O–H groups in total. The molecule has 0 radical (unpaired) electrons. The zero-order chi connectivity index (χ0) is 14.8. The van der Waals surface area contributed by atoms with Crippen molar-refractivity contribution in [2.45, 2.75) is 44.7 Å². The second-order valence-corrected chi connectivity index (χ2v) is 6.59. The van der Waals surface area contributed by atoms with Crippen LogP contribution in [0.4, 0.5) is 0 Å². The lowest BCUT2D eigenvalue weighted by Crippen LogP contribution is -2.46. The Labute approximate surface area is 128 Å². The van der Waals surface area contributed by atoms with Crippen LogP contribution in [0.3, 0.4) is 0 Å². The first-order valence-corrected chi connectivity index (χ1v) is 8.33. The molecule has 1 saturated carbocycles. The van der Waals surface area contributed by atoms with E-state index in [9.17, 15) is 0 Å². The SMILES string of the molecule is CCNC1c2ccc(OC)cc2CCC1N(C)CC1CC1. The van der Waals surface area contributed by atoms with Crippen LogP contribution in [0.1, 0.15) is 43.4 Å². The summed E-state index contributed by atoms with van der Waals surface area (Å²) in [5.74, 6) is 1.93. The number of fused-ring (bicyclic) bond motifs is 1. The van der Waals surface area contributed by atoms with Gasteiger partial charge < -0.3 is 15.0 Å². The van der Waals surface area contributed by atoms with E-state index in [0.717, 1.165) is 24.6 Å². The maximum absolute atomic E-state index is 5.38. The number of nitrogens with zero attached hydrogens (tertiary/aromatic N) is 1. The minimum absolute atomic E-state index is 0.452. The van der Waals surface area contributed by atoms with E-state index in [1.54, 1.807) is 7.11 Å².